The van der Waals surface area contributed by atoms with E-state index in [0.29, 0.717) is 0 Å². The number of thioether (sulfide) groups is 1. The van der Waals surface area contributed by atoms with Crippen molar-refractivity contribution in [2.24, 2.45) is 0 Å². The van der Waals surface area contributed by atoms with Gasteiger partial charge in [-0.25, -0.2) is 9.78 Å². The average Bonchev–Trinajstić information content (AvgIpc) is 2.38. The Morgan fingerprint density at radius 2 is 2.11 bits per heavy atom. The molecule has 18 heavy (non-hydrogen) atoms. The molecule has 0 aliphatic rings. The number of aromatic nitrogens is 1. The molecule has 0 saturated heterocycles. The van der Waals surface area contributed by atoms with Crippen LogP contribution in [0.1, 0.15) is 36.2 Å². The Labute approximate surface area is 112 Å². The van der Waals surface area contributed by atoms with E-state index in [1.165, 1.54) is 31.1 Å². The van der Waals surface area contributed by atoms with Crippen molar-refractivity contribution >= 4 is 23.4 Å². The zero-order valence-electron chi connectivity index (χ0n) is 10.7. The standard InChI is InChI=1S/C13H20N2O2S/c1-18-9-5-3-2-4-8-14-11-6-7-12(13(16)17)15-10-11/h6-7,10,14H,2-5,8-9H2,1H3,(H,16,17). The van der Waals surface area contributed by atoms with Crippen LogP contribution in [0.4, 0.5) is 5.69 Å². The third-order valence-corrected chi connectivity index (χ3v) is 3.28. The highest BCUT2D eigenvalue weighted by molar-refractivity contribution is 7.98. The molecule has 100 valence electrons. The van der Waals surface area contributed by atoms with Crippen LogP contribution >= 0.6 is 11.8 Å². The smallest absolute Gasteiger partial charge is 0.354 e. The van der Waals surface area contributed by atoms with E-state index in [9.17, 15) is 4.79 Å². The van der Waals surface area contributed by atoms with Crippen molar-refractivity contribution in [3.05, 3.63) is 24.0 Å². The predicted molar refractivity (Wildman–Crippen MR) is 76.5 cm³/mol. The molecule has 0 aliphatic heterocycles. The summed E-state index contributed by atoms with van der Waals surface area (Å²) in [7, 11) is 0. The minimum absolute atomic E-state index is 0.0811. The van der Waals surface area contributed by atoms with Crippen molar-refractivity contribution in [3.8, 4) is 0 Å². The number of aromatic carboxylic acids is 1. The molecule has 0 fully saturated rings. The van der Waals surface area contributed by atoms with Gasteiger partial charge in [-0.3, -0.25) is 0 Å². The van der Waals surface area contributed by atoms with Crippen LogP contribution in [0, 0.1) is 0 Å². The Hall–Kier alpha value is -1.23. The van der Waals surface area contributed by atoms with Gasteiger partial charge in [0.1, 0.15) is 5.69 Å². The Bertz CT molecular complexity index is 355. The second-order valence-corrected chi connectivity index (χ2v) is 5.06. The summed E-state index contributed by atoms with van der Waals surface area (Å²) in [5.41, 5.74) is 0.960. The fraction of sp³-hybridized carbons (Fsp3) is 0.538. The maximum Gasteiger partial charge on any atom is 0.354 e. The predicted octanol–water partition coefficient (Wildman–Crippen LogP) is 3.12. The summed E-state index contributed by atoms with van der Waals surface area (Å²) < 4.78 is 0. The van der Waals surface area contributed by atoms with E-state index in [1.807, 2.05) is 11.8 Å². The van der Waals surface area contributed by atoms with Crippen LogP contribution in [0.2, 0.25) is 0 Å². The van der Waals surface area contributed by atoms with Crippen LogP contribution in [0.25, 0.3) is 0 Å². The van der Waals surface area contributed by atoms with Crippen LogP contribution in [0.5, 0.6) is 0 Å². The fourth-order valence-corrected chi connectivity index (χ4v) is 2.08. The third kappa shape index (κ3) is 5.91. The zero-order chi connectivity index (χ0) is 13.2. The highest BCUT2D eigenvalue weighted by Gasteiger charge is 2.02. The van der Waals surface area contributed by atoms with E-state index >= 15 is 0 Å². The van der Waals surface area contributed by atoms with Gasteiger partial charge in [0.2, 0.25) is 0 Å². The number of carboxylic acid groups (broad SMARTS) is 1. The fourth-order valence-electron chi connectivity index (χ4n) is 1.58. The largest absolute Gasteiger partial charge is 0.477 e. The molecule has 0 spiro atoms. The van der Waals surface area contributed by atoms with Gasteiger partial charge in [-0.2, -0.15) is 11.8 Å². The lowest BCUT2D eigenvalue weighted by atomic mass is 10.2. The first-order chi connectivity index (χ1) is 8.74. The van der Waals surface area contributed by atoms with Gasteiger partial charge in [0.05, 0.1) is 11.9 Å². The molecule has 2 N–H and O–H groups in total. The Morgan fingerprint density at radius 1 is 1.33 bits per heavy atom. The number of rotatable bonds is 9. The SMILES string of the molecule is CSCCCCCCNc1ccc(C(=O)O)nc1. The van der Waals surface area contributed by atoms with Gasteiger partial charge in [0.25, 0.3) is 0 Å². The lowest BCUT2D eigenvalue weighted by molar-refractivity contribution is 0.0690. The van der Waals surface area contributed by atoms with Crippen molar-refractivity contribution in [2.45, 2.75) is 25.7 Å². The normalized spacial score (nSPS) is 10.3. The lowest BCUT2D eigenvalue weighted by Gasteiger charge is -2.06. The number of pyridine rings is 1. The van der Waals surface area contributed by atoms with Gasteiger partial charge in [0, 0.05) is 6.54 Å². The van der Waals surface area contributed by atoms with E-state index in [-0.39, 0.29) is 5.69 Å². The summed E-state index contributed by atoms with van der Waals surface area (Å²) in [4.78, 5) is 14.5. The molecule has 0 amide bonds. The molecule has 5 heteroatoms. The summed E-state index contributed by atoms with van der Waals surface area (Å²) in [5.74, 6) is 0.254. The van der Waals surface area contributed by atoms with Crippen LogP contribution in [-0.2, 0) is 0 Å². The van der Waals surface area contributed by atoms with Crippen molar-refractivity contribution in [1.29, 1.82) is 0 Å². The summed E-state index contributed by atoms with van der Waals surface area (Å²) in [6, 6.07) is 3.27. The average molecular weight is 268 g/mol. The van der Waals surface area contributed by atoms with E-state index in [1.54, 1.807) is 12.3 Å². The van der Waals surface area contributed by atoms with E-state index < -0.39 is 5.97 Å². The number of nitrogens with zero attached hydrogens (tertiary/aromatic N) is 1. The van der Waals surface area contributed by atoms with E-state index in [4.69, 9.17) is 5.11 Å². The van der Waals surface area contributed by atoms with Gasteiger partial charge >= 0.3 is 5.97 Å². The molecule has 0 aromatic carbocycles. The Balaban J connectivity index is 2.14. The number of hydrogen-bond donors (Lipinski definition) is 2. The molecule has 1 aromatic rings. The maximum atomic E-state index is 10.6. The van der Waals surface area contributed by atoms with E-state index in [0.717, 1.165) is 18.7 Å². The van der Waals surface area contributed by atoms with Crippen LogP contribution in [0.3, 0.4) is 0 Å². The first kappa shape index (κ1) is 14.8. The summed E-state index contributed by atoms with van der Waals surface area (Å²) >= 11 is 1.89. The molecule has 0 bridgehead atoms. The summed E-state index contributed by atoms with van der Waals surface area (Å²) in [5, 5.41) is 11.9. The molecule has 0 radical (unpaired) electrons. The topological polar surface area (TPSA) is 62.2 Å². The quantitative estimate of drug-likeness (QED) is 0.674. The van der Waals surface area contributed by atoms with E-state index in [2.05, 4.69) is 16.6 Å². The molecule has 1 heterocycles. The van der Waals surface area contributed by atoms with Gasteiger partial charge in [-0.1, -0.05) is 12.8 Å². The monoisotopic (exact) mass is 268 g/mol. The minimum Gasteiger partial charge on any atom is -0.477 e. The van der Waals surface area contributed by atoms with Gasteiger partial charge in [-0.05, 0) is 37.0 Å². The maximum absolute atomic E-state index is 10.6. The zero-order valence-corrected chi connectivity index (χ0v) is 11.5. The third-order valence-electron chi connectivity index (χ3n) is 2.59. The van der Waals surface area contributed by atoms with Gasteiger partial charge < -0.3 is 10.4 Å². The van der Waals surface area contributed by atoms with Gasteiger partial charge in [-0.15, -0.1) is 0 Å². The number of hydrogen-bond acceptors (Lipinski definition) is 4. The van der Waals surface area contributed by atoms with Crippen molar-refractivity contribution in [1.82, 2.24) is 4.98 Å². The molecule has 4 nitrogen and oxygen atoms in total. The first-order valence-electron chi connectivity index (χ1n) is 6.16. The van der Waals surface area contributed by atoms with Crippen molar-refractivity contribution in [3.63, 3.8) is 0 Å². The Morgan fingerprint density at radius 3 is 2.72 bits per heavy atom. The molecule has 1 aromatic heterocycles. The number of carbonyl (C=O) groups is 1. The highest BCUT2D eigenvalue weighted by Crippen LogP contribution is 2.08. The molecular weight excluding hydrogens is 248 g/mol. The van der Waals surface area contributed by atoms with Crippen LogP contribution < -0.4 is 5.32 Å². The second-order valence-electron chi connectivity index (χ2n) is 4.07. The van der Waals surface area contributed by atoms with Crippen molar-refractivity contribution in [2.75, 3.05) is 23.9 Å². The summed E-state index contributed by atoms with van der Waals surface area (Å²) in [6.07, 6.45) is 8.63. The molecular formula is C13H20N2O2S. The lowest BCUT2D eigenvalue weighted by Crippen LogP contribution is -2.04. The highest BCUT2D eigenvalue weighted by atomic mass is 32.2. The number of nitrogens with one attached hydrogen (secondary N) is 1. The molecule has 1 rings (SSSR count). The second kappa shape index (κ2) is 8.80. The molecule has 0 atom stereocenters. The first-order valence-corrected chi connectivity index (χ1v) is 7.55. The number of unbranched alkanes of at least 4 members (excludes halogenated alkanes) is 3. The van der Waals surface area contributed by atoms with Gasteiger partial charge in [0.15, 0.2) is 0 Å². The molecule has 0 saturated carbocycles. The van der Waals surface area contributed by atoms with Crippen LogP contribution in [-0.4, -0.2) is 34.6 Å². The summed E-state index contributed by atoms with van der Waals surface area (Å²) in [6.45, 7) is 0.910. The van der Waals surface area contributed by atoms with Crippen molar-refractivity contribution < 1.29 is 9.90 Å². The number of anilines is 1. The molecule has 0 unspecified atom stereocenters. The van der Waals surface area contributed by atoms with Crippen LogP contribution in [0.15, 0.2) is 18.3 Å². The Kier molecular flexibility index (Phi) is 7.25. The molecule has 0 aliphatic carbocycles. The minimum atomic E-state index is -0.990. The number of carboxylic acids is 1.